The van der Waals surface area contributed by atoms with E-state index in [2.05, 4.69) is 26.6 Å². The Morgan fingerprint density at radius 1 is 1.50 bits per heavy atom. The van der Waals surface area contributed by atoms with Crippen molar-refractivity contribution in [3.63, 3.8) is 0 Å². The van der Waals surface area contributed by atoms with Gasteiger partial charge in [-0.2, -0.15) is 0 Å². The second-order valence-electron chi connectivity index (χ2n) is 3.60. The van der Waals surface area contributed by atoms with Crippen molar-refractivity contribution in [2.45, 2.75) is 13.0 Å². The van der Waals surface area contributed by atoms with Crippen LogP contribution in [0.3, 0.4) is 0 Å². The van der Waals surface area contributed by atoms with Crippen molar-refractivity contribution in [2.75, 3.05) is 11.9 Å². The second-order valence-corrected chi connectivity index (χ2v) is 4.89. The lowest BCUT2D eigenvalue weighted by molar-refractivity contribution is -0.141. The minimum Gasteiger partial charge on any atom is -0.480 e. The van der Waals surface area contributed by atoms with E-state index < -0.39 is 17.9 Å². The van der Waals surface area contributed by atoms with Crippen molar-refractivity contribution >= 4 is 45.1 Å². The Morgan fingerprint density at radius 3 is 2.72 bits per heavy atom. The van der Waals surface area contributed by atoms with Gasteiger partial charge < -0.3 is 15.7 Å². The molecule has 3 N–H and O–H groups in total. The highest BCUT2D eigenvalue weighted by Gasteiger charge is 2.18. The molecule has 0 aliphatic carbocycles. The quantitative estimate of drug-likeness (QED) is 0.770. The number of benzene rings is 1. The highest BCUT2D eigenvalue weighted by molar-refractivity contribution is 9.10. The van der Waals surface area contributed by atoms with Crippen LogP contribution in [-0.2, 0) is 9.59 Å². The molecule has 1 unspecified atom stereocenters. The Hall–Kier alpha value is -1.27. The van der Waals surface area contributed by atoms with Crippen LogP contribution in [0.25, 0.3) is 0 Å². The van der Waals surface area contributed by atoms with Crippen LogP contribution in [0.2, 0.25) is 5.02 Å². The molecule has 1 rings (SSSR count). The van der Waals surface area contributed by atoms with E-state index >= 15 is 0 Å². The third kappa shape index (κ3) is 4.54. The number of hydrogen-bond donors (Lipinski definition) is 3. The summed E-state index contributed by atoms with van der Waals surface area (Å²) in [6.07, 6.45) is 0. The van der Waals surface area contributed by atoms with Crippen LogP contribution in [0.15, 0.2) is 22.7 Å². The van der Waals surface area contributed by atoms with E-state index in [0.717, 1.165) is 4.47 Å². The molecule has 1 aromatic rings. The van der Waals surface area contributed by atoms with E-state index in [4.69, 9.17) is 16.7 Å². The standard InChI is InChI=1S/C11H12BrClN2O3/c1-6(16)15-10(11(17)18)5-14-9-4-7(13)2-3-8(9)12/h2-4,10,14H,5H2,1H3,(H,15,16)(H,17,18). The van der Waals surface area contributed by atoms with Crippen molar-refractivity contribution in [1.82, 2.24) is 5.32 Å². The molecule has 0 aromatic heterocycles. The first kappa shape index (κ1) is 14.8. The summed E-state index contributed by atoms with van der Waals surface area (Å²) in [6, 6.07) is 4.13. The molecule has 5 nitrogen and oxygen atoms in total. The zero-order valence-electron chi connectivity index (χ0n) is 9.54. The normalized spacial score (nSPS) is 11.7. The predicted octanol–water partition coefficient (Wildman–Crippen LogP) is 2.10. The van der Waals surface area contributed by atoms with Crippen LogP contribution < -0.4 is 10.6 Å². The smallest absolute Gasteiger partial charge is 0.328 e. The third-order valence-corrected chi connectivity index (χ3v) is 3.03. The lowest BCUT2D eigenvalue weighted by Gasteiger charge is -2.15. The summed E-state index contributed by atoms with van der Waals surface area (Å²) in [6.45, 7) is 1.33. The number of halogens is 2. The number of carboxylic acids is 1. The molecule has 0 saturated heterocycles. The molecule has 0 aliphatic heterocycles. The van der Waals surface area contributed by atoms with Gasteiger partial charge in [0.25, 0.3) is 0 Å². The van der Waals surface area contributed by atoms with E-state index in [1.54, 1.807) is 18.2 Å². The summed E-state index contributed by atoms with van der Waals surface area (Å²) >= 11 is 9.14. The fourth-order valence-corrected chi connectivity index (χ4v) is 1.85. The summed E-state index contributed by atoms with van der Waals surface area (Å²) in [5.41, 5.74) is 0.666. The number of carboxylic acid groups (broad SMARTS) is 1. The molecule has 0 fully saturated rings. The molecule has 18 heavy (non-hydrogen) atoms. The van der Waals surface area contributed by atoms with Crippen molar-refractivity contribution in [3.05, 3.63) is 27.7 Å². The number of carbonyl (C=O) groups is 2. The number of amides is 1. The lowest BCUT2D eigenvalue weighted by atomic mass is 10.2. The Morgan fingerprint density at radius 2 is 2.17 bits per heavy atom. The van der Waals surface area contributed by atoms with Gasteiger partial charge >= 0.3 is 5.97 Å². The van der Waals surface area contributed by atoms with E-state index in [9.17, 15) is 9.59 Å². The molecule has 1 aromatic carbocycles. The number of nitrogens with one attached hydrogen (secondary N) is 2. The molecule has 0 radical (unpaired) electrons. The first-order valence-corrected chi connectivity index (χ1v) is 6.26. The van der Waals surface area contributed by atoms with Gasteiger partial charge in [-0.3, -0.25) is 4.79 Å². The SMILES string of the molecule is CC(=O)NC(CNc1cc(Cl)ccc1Br)C(=O)O. The van der Waals surface area contributed by atoms with Gasteiger partial charge in [-0.15, -0.1) is 0 Å². The largest absolute Gasteiger partial charge is 0.480 e. The fourth-order valence-electron chi connectivity index (χ4n) is 1.29. The van der Waals surface area contributed by atoms with E-state index in [-0.39, 0.29) is 6.54 Å². The summed E-state index contributed by atoms with van der Waals surface area (Å²) in [5, 5.41) is 14.7. The summed E-state index contributed by atoms with van der Waals surface area (Å²) < 4.78 is 0.763. The Bertz CT molecular complexity index is 468. The molecule has 7 heteroatoms. The van der Waals surface area contributed by atoms with Crippen LogP contribution >= 0.6 is 27.5 Å². The molecule has 98 valence electrons. The fraction of sp³-hybridized carbons (Fsp3) is 0.273. The Labute approximate surface area is 118 Å². The van der Waals surface area contributed by atoms with Crippen LogP contribution in [-0.4, -0.2) is 29.6 Å². The zero-order chi connectivity index (χ0) is 13.7. The van der Waals surface area contributed by atoms with E-state index in [1.165, 1.54) is 6.92 Å². The van der Waals surface area contributed by atoms with Crippen LogP contribution in [0, 0.1) is 0 Å². The minimum atomic E-state index is -1.10. The van der Waals surface area contributed by atoms with Gasteiger partial charge in [-0.1, -0.05) is 11.6 Å². The first-order chi connectivity index (χ1) is 8.40. The number of anilines is 1. The molecule has 0 heterocycles. The maximum Gasteiger partial charge on any atom is 0.328 e. The number of aliphatic carboxylic acids is 1. The number of rotatable bonds is 5. The number of hydrogen-bond acceptors (Lipinski definition) is 3. The molecular formula is C11H12BrClN2O3. The van der Waals surface area contributed by atoms with E-state index in [0.29, 0.717) is 10.7 Å². The molecule has 0 bridgehead atoms. The van der Waals surface area contributed by atoms with Crippen LogP contribution in [0.4, 0.5) is 5.69 Å². The maximum atomic E-state index is 10.9. The monoisotopic (exact) mass is 334 g/mol. The average Bonchev–Trinajstić information content (AvgIpc) is 2.27. The van der Waals surface area contributed by atoms with Gasteiger partial charge in [0.05, 0.1) is 0 Å². The molecule has 1 atom stereocenters. The predicted molar refractivity (Wildman–Crippen MR) is 72.9 cm³/mol. The van der Waals surface area contributed by atoms with Crippen LogP contribution in [0.5, 0.6) is 0 Å². The summed E-state index contributed by atoms with van der Waals surface area (Å²) in [4.78, 5) is 21.8. The first-order valence-electron chi connectivity index (χ1n) is 5.09. The molecule has 1 amide bonds. The lowest BCUT2D eigenvalue weighted by Crippen LogP contribution is -2.44. The van der Waals surface area contributed by atoms with Gasteiger partial charge in [0.1, 0.15) is 6.04 Å². The topological polar surface area (TPSA) is 78.4 Å². The minimum absolute atomic E-state index is 0.0633. The Kier molecular flexibility index (Phi) is 5.43. The molecule has 0 saturated carbocycles. The Balaban J connectivity index is 2.69. The van der Waals surface area contributed by atoms with E-state index in [1.807, 2.05) is 0 Å². The second kappa shape index (κ2) is 6.61. The summed E-state index contributed by atoms with van der Waals surface area (Å²) in [7, 11) is 0. The highest BCUT2D eigenvalue weighted by Crippen LogP contribution is 2.25. The van der Waals surface area contributed by atoms with Gasteiger partial charge in [0.15, 0.2) is 0 Å². The molecule has 0 aliphatic rings. The molecule has 0 spiro atoms. The average molecular weight is 336 g/mol. The maximum absolute atomic E-state index is 10.9. The van der Waals surface area contributed by atoms with Crippen molar-refractivity contribution in [2.24, 2.45) is 0 Å². The molecular weight excluding hydrogens is 323 g/mol. The zero-order valence-corrected chi connectivity index (χ0v) is 11.9. The van der Waals surface area contributed by atoms with Gasteiger partial charge in [0.2, 0.25) is 5.91 Å². The van der Waals surface area contributed by atoms with Gasteiger partial charge in [0, 0.05) is 28.7 Å². The van der Waals surface area contributed by atoms with Crippen molar-refractivity contribution in [1.29, 1.82) is 0 Å². The number of carbonyl (C=O) groups excluding carboxylic acids is 1. The summed E-state index contributed by atoms with van der Waals surface area (Å²) in [5.74, 6) is -1.50. The van der Waals surface area contributed by atoms with Gasteiger partial charge in [-0.25, -0.2) is 4.79 Å². The van der Waals surface area contributed by atoms with Crippen molar-refractivity contribution in [3.8, 4) is 0 Å². The van der Waals surface area contributed by atoms with Gasteiger partial charge in [-0.05, 0) is 34.1 Å². The van der Waals surface area contributed by atoms with Crippen molar-refractivity contribution < 1.29 is 14.7 Å². The van der Waals surface area contributed by atoms with Crippen LogP contribution in [0.1, 0.15) is 6.92 Å². The third-order valence-electron chi connectivity index (χ3n) is 2.10. The highest BCUT2D eigenvalue weighted by atomic mass is 79.9.